The second kappa shape index (κ2) is 6.87. The van der Waals surface area contributed by atoms with Crippen molar-refractivity contribution in [3.05, 3.63) is 23.4 Å². The summed E-state index contributed by atoms with van der Waals surface area (Å²) in [6.07, 6.45) is 0. The summed E-state index contributed by atoms with van der Waals surface area (Å²) in [6.45, 7) is 8.19. The Morgan fingerprint density at radius 1 is 1.29 bits per heavy atom. The molecule has 2 N–H and O–H groups in total. The maximum absolute atomic E-state index is 11.3. The fraction of sp³-hybridized carbons (Fsp3) is 0.600. The van der Waals surface area contributed by atoms with Gasteiger partial charge in [0, 0.05) is 38.4 Å². The molecule has 0 aliphatic carbocycles. The number of hydrogen-bond acceptors (Lipinski definition) is 5. The Morgan fingerprint density at radius 2 is 1.95 bits per heavy atom. The molecule has 1 aromatic heterocycles. The summed E-state index contributed by atoms with van der Waals surface area (Å²) < 4.78 is 0. The lowest BCUT2D eigenvalue weighted by Crippen LogP contribution is -2.47. The van der Waals surface area contributed by atoms with Crippen LogP contribution in [0.25, 0.3) is 0 Å². The molecule has 0 radical (unpaired) electrons. The van der Waals surface area contributed by atoms with Crippen molar-refractivity contribution in [2.24, 2.45) is 0 Å². The third-order valence-corrected chi connectivity index (χ3v) is 3.78. The zero-order chi connectivity index (χ0) is 15.4. The van der Waals surface area contributed by atoms with Crippen LogP contribution >= 0.6 is 0 Å². The molecular formula is C15H23N3O3. The molecular weight excluding hydrogens is 270 g/mol. The summed E-state index contributed by atoms with van der Waals surface area (Å²) in [4.78, 5) is 20.2. The molecule has 1 aliphatic heterocycles. The highest BCUT2D eigenvalue weighted by molar-refractivity contribution is 5.88. The molecule has 116 valence electrons. The van der Waals surface area contributed by atoms with Gasteiger partial charge in [0.2, 0.25) is 0 Å². The molecule has 0 aromatic carbocycles. The van der Waals surface area contributed by atoms with Crippen molar-refractivity contribution in [1.29, 1.82) is 0 Å². The lowest BCUT2D eigenvalue weighted by Gasteiger charge is -2.35. The van der Waals surface area contributed by atoms with Crippen LogP contribution in [0.4, 0.5) is 5.82 Å². The molecule has 2 heterocycles. The van der Waals surface area contributed by atoms with Crippen molar-refractivity contribution >= 4 is 11.8 Å². The Bertz CT molecular complexity index is 497. The number of pyridine rings is 1. The second-order valence-corrected chi connectivity index (χ2v) is 5.65. The van der Waals surface area contributed by atoms with Gasteiger partial charge in [-0.2, -0.15) is 0 Å². The summed E-state index contributed by atoms with van der Waals surface area (Å²) in [7, 11) is 0. The number of hydrogen-bond donors (Lipinski definition) is 2. The van der Waals surface area contributed by atoms with Gasteiger partial charge in [-0.05, 0) is 18.1 Å². The van der Waals surface area contributed by atoms with Crippen LogP contribution in [0.5, 0.6) is 0 Å². The number of aliphatic hydroxyl groups excluding tert-OH is 1. The first-order valence-corrected chi connectivity index (χ1v) is 7.34. The number of carboxylic acids is 1. The zero-order valence-electron chi connectivity index (χ0n) is 12.6. The van der Waals surface area contributed by atoms with Crippen LogP contribution in [0.15, 0.2) is 12.1 Å². The minimum atomic E-state index is -0.917. The Labute approximate surface area is 125 Å². The molecule has 0 spiro atoms. The van der Waals surface area contributed by atoms with Crippen molar-refractivity contribution in [2.75, 3.05) is 44.2 Å². The summed E-state index contributed by atoms with van der Waals surface area (Å²) in [6, 6.07) is 3.30. The number of carbonyl (C=O) groups is 1. The van der Waals surface area contributed by atoms with Crippen LogP contribution in [-0.4, -0.2) is 65.4 Å². The summed E-state index contributed by atoms with van der Waals surface area (Å²) in [5.74, 6) is 0.0143. The van der Waals surface area contributed by atoms with Gasteiger partial charge in [0.25, 0.3) is 0 Å². The van der Waals surface area contributed by atoms with Crippen LogP contribution < -0.4 is 4.90 Å². The van der Waals surface area contributed by atoms with Crippen molar-refractivity contribution in [3.8, 4) is 0 Å². The van der Waals surface area contributed by atoms with E-state index in [1.54, 1.807) is 12.1 Å². The Balaban J connectivity index is 2.18. The lowest BCUT2D eigenvalue weighted by molar-refractivity contribution is 0.0696. The summed E-state index contributed by atoms with van der Waals surface area (Å²) in [5, 5.41) is 18.2. The maximum atomic E-state index is 11.3. The maximum Gasteiger partial charge on any atom is 0.335 e. The molecule has 1 fully saturated rings. The van der Waals surface area contributed by atoms with E-state index >= 15 is 0 Å². The van der Waals surface area contributed by atoms with Crippen LogP contribution in [0.1, 0.15) is 35.8 Å². The van der Waals surface area contributed by atoms with Crippen molar-refractivity contribution in [2.45, 2.75) is 19.8 Å². The molecule has 2 rings (SSSR count). The van der Waals surface area contributed by atoms with Gasteiger partial charge >= 0.3 is 5.97 Å². The van der Waals surface area contributed by atoms with Gasteiger partial charge in [-0.25, -0.2) is 9.78 Å². The fourth-order valence-corrected chi connectivity index (χ4v) is 2.46. The number of anilines is 1. The molecule has 1 aliphatic rings. The largest absolute Gasteiger partial charge is 0.478 e. The molecule has 1 saturated heterocycles. The van der Waals surface area contributed by atoms with E-state index in [0.29, 0.717) is 12.1 Å². The normalized spacial score (nSPS) is 16.5. The average Bonchev–Trinajstić information content (AvgIpc) is 2.47. The minimum absolute atomic E-state index is 0.171. The van der Waals surface area contributed by atoms with E-state index in [0.717, 1.165) is 37.7 Å². The highest BCUT2D eigenvalue weighted by atomic mass is 16.4. The molecule has 0 unspecified atom stereocenters. The van der Waals surface area contributed by atoms with Crippen molar-refractivity contribution < 1.29 is 15.0 Å². The van der Waals surface area contributed by atoms with E-state index in [9.17, 15) is 9.90 Å². The van der Waals surface area contributed by atoms with Gasteiger partial charge in [-0.1, -0.05) is 13.8 Å². The third-order valence-electron chi connectivity index (χ3n) is 3.78. The molecule has 6 nitrogen and oxygen atoms in total. The molecule has 0 bridgehead atoms. The third kappa shape index (κ3) is 3.92. The van der Waals surface area contributed by atoms with Gasteiger partial charge in [-0.3, -0.25) is 4.90 Å². The van der Waals surface area contributed by atoms with E-state index in [2.05, 4.69) is 14.8 Å². The molecule has 1 aromatic rings. The summed E-state index contributed by atoms with van der Waals surface area (Å²) in [5.41, 5.74) is 1.10. The predicted molar refractivity (Wildman–Crippen MR) is 81.0 cm³/mol. The van der Waals surface area contributed by atoms with Crippen molar-refractivity contribution in [3.63, 3.8) is 0 Å². The van der Waals surface area contributed by atoms with E-state index < -0.39 is 5.97 Å². The van der Waals surface area contributed by atoms with Crippen LogP contribution in [0.2, 0.25) is 0 Å². The number of carboxylic acid groups (broad SMARTS) is 1. The molecule has 6 heteroatoms. The zero-order valence-corrected chi connectivity index (χ0v) is 12.6. The number of aromatic nitrogens is 1. The number of aromatic carboxylic acids is 1. The Kier molecular flexibility index (Phi) is 5.14. The van der Waals surface area contributed by atoms with Gasteiger partial charge < -0.3 is 15.1 Å². The first kappa shape index (κ1) is 15.7. The molecule has 0 atom stereocenters. The number of rotatable bonds is 5. The standard InChI is InChI=1S/C15H23N3O3/c1-11(2)13-9-12(15(20)21)10-14(16-13)18-5-3-17(4-6-18)7-8-19/h9-11,19H,3-8H2,1-2H3,(H,20,21). The number of β-amino-alcohol motifs (C(OH)–C–C–N with tert-alkyl or cyclic N) is 1. The van der Waals surface area contributed by atoms with E-state index in [1.165, 1.54) is 0 Å². The number of nitrogens with zero attached hydrogens (tertiary/aromatic N) is 3. The fourth-order valence-electron chi connectivity index (χ4n) is 2.46. The van der Waals surface area contributed by atoms with E-state index in [-0.39, 0.29) is 12.5 Å². The number of piperazine rings is 1. The Morgan fingerprint density at radius 3 is 2.48 bits per heavy atom. The van der Waals surface area contributed by atoms with Crippen LogP contribution in [-0.2, 0) is 0 Å². The Hall–Kier alpha value is -1.66. The lowest BCUT2D eigenvalue weighted by atomic mass is 10.1. The number of aliphatic hydroxyl groups is 1. The highest BCUT2D eigenvalue weighted by Gasteiger charge is 2.20. The topological polar surface area (TPSA) is 76.9 Å². The first-order chi connectivity index (χ1) is 10.0. The van der Waals surface area contributed by atoms with E-state index in [1.807, 2.05) is 13.8 Å². The first-order valence-electron chi connectivity index (χ1n) is 7.34. The van der Waals surface area contributed by atoms with Crippen LogP contribution in [0.3, 0.4) is 0 Å². The van der Waals surface area contributed by atoms with Gasteiger partial charge in [0.15, 0.2) is 0 Å². The smallest absolute Gasteiger partial charge is 0.335 e. The van der Waals surface area contributed by atoms with Crippen molar-refractivity contribution in [1.82, 2.24) is 9.88 Å². The monoisotopic (exact) mass is 293 g/mol. The van der Waals surface area contributed by atoms with Crippen LogP contribution in [0, 0.1) is 0 Å². The van der Waals surface area contributed by atoms with Gasteiger partial charge in [0.05, 0.1) is 12.2 Å². The quantitative estimate of drug-likeness (QED) is 0.844. The second-order valence-electron chi connectivity index (χ2n) is 5.65. The molecule has 21 heavy (non-hydrogen) atoms. The average molecular weight is 293 g/mol. The minimum Gasteiger partial charge on any atom is -0.478 e. The molecule has 0 saturated carbocycles. The predicted octanol–water partition coefficient (Wildman–Crippen LogP) is 1.02. The highest BCUT2D eigenvalue weighted by Crippen LogP contribution is 2.21. The molecule has 0 amide bonds. The van der Waals surface area contributed by atoms with Gasteiger partial charge in [0.1, 0.15) is 5.82 Å². The summed E-state index contributed by atoms with van der Waals surface area (Å²) >= 11 is 0. The SMILES string of the molecule is CC(C)c1cc(C(=O)O)cc(N2CCN(CCO)CC2)n1. The van der Waals surface area contributed by atoms with E-state index in [4.69, 9.17) is 5.11 Å². The van der Waals surface area contributed by atoms with Gasteiger partial charge in [-0.15, -0.1) is 0 Å².